The minimum Gasteiger partial charge on any atom is -0.397 e. The molecule has 1 heterocycles. The maximum absolute atomic E-state index is 12.3. The highest BCUT2D eigenvalue weighted by Crippen LogP contribution is 2.25. The van der Waals surface area contributed by atoms with Gasteiger partial charge in [-0.3, -0.25) is 0 Å². The van der Waals surface area contributed by atoms with Crippen LogP contribution in [-0.4, -0.2) is 18.6 Å². The Bertz CT molecular complexity index is 737. The van der Waals surface area contributed by atoms with Gasteiger partial charge in [-0.25, -0.2) is 13.1 Å². The molecule has 0 aliphatic heterocycles. The Kier molecular flexibility index (Phi) is 3.78. The number of aryl methyl sites for hydroxylation is 3. The molecule has 0 saturated carbocycles. The van der Waals surface area contributed by atoms with Gasteiger partial charge in [-0.2, -0.15) is 4.98 Å². The lowest BCUT2D eigenvalue weighted by molar-refractivity contribution is 0.387. The number of hydrogen-bond donors (Lipinski definition) is 2. The largest absolute Gasteiger partial charge is 0.397 e. The van der Waals surface area contributed by atoms with E-state index in [2.05, 4.69) is 14.9 Å². The highest BCUT2D eigenvalue weighted by Gasteiger charge is 2.21. The molecule has 0 fully saturated rings. The normalized spacial score (nSPS) is 11.8. The first-order valence-corrected chi connectivity index (χ1v) is 7.44. The predicted molar refractivity (Wildman–Crippen MR) is 73.4 cm³/mol. The quantitative estimate of drug-likeness (QED) is 0.816. The zero-order valence-electron chi connectivity index (χ0n) is 11.5. The molecule has 3 N–H and O–H groups in total. The van der Waals surface area contributed by atoms with Crippen LogP contribution in [0.3, 0.4) is 0 Å². The summed E-state index contributed by atoms with van der Waals surface area (Å²) in [5, 5.41) is 3.63. The van der Waals surface area contributed by atoms with Crippen molar-refractivity contribution in [2.75, 3.05) is 5.73 Å². The number of hydrogen-bond acceptors (Lipinski definition) is 6. The first kappa shape index (κ1) is 14.5. The summed E-state index contributed by atoms with van der Waals surface area (Å²) in [7, 11) is -3.73. The van der Waals surface area contributed by atoms with Gasteiger partial charge in [0.1, 0.15) is 4.90 Å². The van der Waals surface area contributed by atoms with E-state index in [0.717, 1.165) is 0 Å². The van der Waals surface area contributed by atoms with Crippen LogP contribution in [0, 0.1) is 20.8 Å². The molecule has 1 aromatic carbocycles. The number of nitrogens with one attached hydrogen (secondary N) is 1. The first-order chi connectivity index (χ1) is 9.31. The lowest BCUT2D eigenvalue weighted by Crippen LogP contribution is -2.25. The summed E-state index contributed by atoms with van der Waals surface area (Å²) in [6, 6.07) is 3.50. The summed E-state index contributed by atoms with van der Waals surface area (Å²) < 4.78 is 31.9. The van der Waals surface area contributed by atoms with Crippen molar-refractivity contribution in [1.82, 2.24) is 14.9 Å². The van der Waals surface area contributed by atoms with Gasteiger partial charge < -0.3 is 10.3 Å². The van der Waals surface area contributed by atoms with Gasteiger partial charge in [-0.05, 0) is 25.0 Å². The van der Waals surface area contributed by atoms with Gasteiger partial charge in [0.05, 0.1) is 12.2 Å². The van der Waals surface area contributed by atoms with Crippen LogP contribution in [-0.2, 0) is 16.6 Å². The Balaban J connectivity index is 2.29. The Hall–Kier alpha value is -1.93. The van der Waals surface area contributed by atoms with E-state index in [0.29, 0.717) is 17.0 Å². The highest BCUT2D eigenvalue weighted by atomic mass is 32.2. The average molecular weight is 296 g/mol. The van der Waals surface area contributed by atoms with Crippen LogP contribution in [0.5, 0.6) is 0 Å². The van der Waals surface area contributed by atoms with E-state index >= 15 is 0 Å². The molecule has 0 aliphatic rings. The Morgan fingerprint density at radius 3 is 2.50 bits per heavy atom. The van der Waals surface area contributed by atoms with Crippen molar-refractivity contribution in [2.45, 2.75) is 32.2 Å². The molecule has 1 aromatic heterocycles. The molecule has 0 radical (unpaired) electrons. The Morgan fingerprint density at radius 2 is 1.90 bits per heavy atom. The van der Waals surface area contributed by atoms with Crippen LogP contribution in [0.4, 0.5) is 5.69 Å². The lowest BCUT2D eigenvalue weighted by atomic mass is 10.1. The molecule has 0 atom stereocenters. The van der Waals surface area contributed by atoms with Crippen LogP contribution in [0.2, 0.25) is 0 Å². The number of rotatable bonds is 4. The average Bonchev–Trinajstić information content (AvgIpc) is 2.78. The Labute approximate surface area is 117 Å². The van der Waals surface area contributed by atoms with Gasteiger partial charge in [0.2, 0.25) is 15.9 Å². The maximum atomic E-state index is 12.3. The number of sulfonamides is 1. The molecular weight excluding hydrogens is 280 g/mol. The van der Waals surface area contributed by atoms with E-state index in [9.17, 15) is 8.42 Å². The van der Waals surface area contributed by atoms with Crippen molar-refractivity contribution in [3.8, 4) is 0 Å². The van der Waals surface area contributed by atoms with Crippen molar-refractivity contribution in [1.29, 1.82) is 0 Å². The molecule has 0 aliphatic carbocycles. The van der Waals surface area contributed by atoms with E-state index < -0.39 is 10.0 Å². The summed E-state index contributed by atoms with van der Waals surface area (Å²) in [6.45, 7) is 5.04. The fourth-order valence-electron chi connectivity index (χ4n) is 1.81. The second-order valence-corrected chi connectivity index (χ2v) is 6.20. The molecule has 2 rings (SSSR count). The van der Waals surface area contributed by atoms with E-state index in [4.69, 9.17) is 10.3 Å². The molecular formula is C12H16N4O3S. The highest BCUT2D eigenvalue weighted by molar-refractivity contribution is 7.89. The fraction of sp³-hybridized carbons (Fsp3) is 0.333. The molecule has 0 bridgehead atoms. The van der Waals surface area contributed by atoms with Gasteiger partial charge in [-0.15, -0.1) is 0 Å². The first-order valence-electron chi connectivity index (χ1n) is 5.96. The van der Waals surface area contributed by atoms with Crippen molar-refractivity contribution < 1.29 is 12.9 Å². The molecule has 108 valence electrons. The summed E-state index contributed by atoms with van der Waals surface area (Å²) in [4.78, 5) is 4.03. The lowest BCUT2D eigenvalue weighted by Gasteiger charge is -2.12. The third-order valence-electron chi connectivity index (χ3n) is 2.87. The summed E-state index contributed by atoms with van der Waals surface area (Å²) in [6.07, 6.45) is 0. The van der Waals surface area contributed by atoms with E-state index in [1.165, 1.54) is 0 Å². The van der Waals surface area contributed by atoms with Crippen molar-refractivity contribution in [3.05, 3.63) is 35.0 Å². The summed E-state index contributed by atoms with van der Waals surface area (Å²) in [5.74, 6) is 0.653. The third kappa shape index (κ3) is 2.81. The van der Waals surface area contributed by atoms with Gasteiger partial charge in [0.15, 0.2) is 5.82 Å². The molecule has 2 aromatic rings. The number of nitrogen functional groups attached to an aromatic ring is 1. The van der Waals surface area contributed by atoms with Crippen LogP contribution in [0.1, 0.15) is 22.8 Å². The standard InChI is InChI=1S/C12H16N4O3S/c1-7-4-5-8(2)12(11(7)13)20(17,18)14-6-10-15-9(3)19-16-10/h4-5,14H,6,13H2,1-3H3. The van der Waals surface area contributed by atoms with Gasteiger partial charge in [-0.1, -0.05) is 17.3 Å². The van der Waals surface area contributed by atoms with E-state index in [1.54, 1.807) is 32.9 Å². The SMILES string of the molecule is Cc1nc(CNS(=O)(=O)c2c(C)ccc(C)c2N)no1. The monoisotopic (exact) mass is 296 g/mol. The minimum absolute atomic E-state index is 0.0491. The maximum Gasteiger partial charge on any atom is 0.243 e. The van der Waals surface area contributed by atoms with Gasteiger partial charge in [0, 0.05) is 6.92 Å². The third-order valence-corrected chi connectivity index (χ3v) is 4.47. The summed E-state index contributed by atoms with van der Waals surface area (Å²) >= 11 is 0. The van der Waals surface area contributed by atoms with Crippen molar-refractivity contribution in [3.63, 3.8) is 0 Å². The second-order valence-electron chi connectivity index (χ2n) is 4.50. The smallest absolute Gasteiger partial charge is 0.243 e. The van der Waals surface area contributed by atoms with Crippen LogP contribution in [0.25, 0.3) is 0 Å². The van der Waals surface area contributed by atoms with Gasteiger partial charge >= 0.3 is 0 Å². The topological polar surface area (TPSA) is 111 Å². The predicted octanol–water partition coefficient (Wildman–Crippen LogP) is 1.06. The number of benzene rings is 1. The zero-order valence-corrected chi connectivity index (χ0v) is 12.3. The molecule has 0 saturated heterocycles. The van der Waals surface area contributed by atoms with Crippen molar-refractivity contribution >= 4 is 15.7 Å². The zero-order chi connectivity index (χ0) is 14.9. The molecule has 0 spiro atoms. The van der Waals surface area contributed by atoms with E-state index in [1.807, 2.05) is 0 Å². The van der Waals surface area contributed by atoms with Crippen molar-refractivity contribution in [2.24, 2.45) is 0 Å². The molecule has 0 amide bonds. The van der Waals surface area contributed by atoms with Crippen LogP contribution < -0.4 is 10.5 Å². The molecule has 7 nitrogen and oxygen atoms in total. The van der Waals surface area contributed by atoms with Gasteiger partial charge in [0.25, 0.3) is 0 Å². The molecule has 8 heteroatoms. The fourth-order valence-corrected chi connectivity index (χ4v) is 3.21. The molecule has 20 heavy (non-hydrogen) atoms. The molecule has 0 unspecified atom stereocenters. The minimum atomic E-state index is -3.73. The summed E-state index contributed by atoms with van der Waals surface area (Å²) in [5.41, 5.74) is 7.43. The van der Waals surface area contributed by atoms with Crippen LogP contribution in [0.15, 0.2) is 21.6 Å². The van der Waals surface area contributed by atoms with Crippen LogP contribution >= 0.6 is 0 Å². The number of nitrogens with two attached hydrogens (primary N) is 1. The number of aromatic nitrogens is 2. The number of anilines is 1. The van der Waals surface area contributed by atoms with E-state index in [-0.39, 0.29) is 23.0 Å². The second kappa shape index (κ2) is 5.22. The Morgan fingerprint density at radius 1 is 1.25 bits per heavy atom. The number of nitrogens with zero attached hydrogens (tertiary/aromatic N) is 2.